The lowest BCUT2D eigenvalue weighted by atomic mass is 9.96. The lowest BCUT2D eigenvalue weighted by molar-refractivity contribution is -0.134. The molecule has 1 amide bonds. The molecule has 5 nitrogen and oxygen atoms in total. The first-order valence-electron chi connectivity index (χ1n) is 9.63. The number of rotatable bonds is 4. The van der Waals surface area contributed by atoms with E-state index < -0.39 is 0 Å². The molecule has 1 N–H and O–H groups in total. The number of hydrogen-bond acceptors (Lipinski definition) is 3. The van der Waals surface area contributed by atoms with Crippen LogP contribution in [0.1, 0.15) is 35.7 Å². The summed E-state index contributed by atoms with van der Waals surface area (Å²) in [5.74, 6) is 2.09. The van der Waals surface area contributed by atoms with Crippen molar-refractivity contribution in [1.29, 1.82) is 0 Å². The van der Waals surface area contributed by atoms with E-state index in [9.17, 15) is 4.79 Å². The molecular formula is C22H24ClN3O2. The monoisotopic (exact) mass is 397 g/mol. The molecule has 1 aliphatic heterocycles. The standard InChI is InChI=1S/C22H24ClN3O2/c1-14-11-17(12-15(2)21(14)23)28-13-20(27)26-9-7-16(8-10-26)22-24-18-5-3-4-6-19(18)25-22/h3-6,11-12,16H,7-10,13H2,1-2H3,(H,24,25). The highest BCUT2D eigenvalue weighted by atomic mass is 35.5. The molecule has 1 aromatic heterocycles. The van der Waals surface area contributed by atoms with Gasteiger partial charge in [0.05, 0.1) is 11.0 Å². The van der Waals surface area contributed by atoms with Crippen molar-refractivity contribution in [3.8, 4) is 5.75 Å². The molecule has 6 heteroatoms. The molecule has 0 radical (unpaired) electrons. The summed E-state index contributed by atoms with van der Waals surface area (Å²) in [7, 11) is 0. The minimum absolute atomic E-state index is 0.0216. The number of fused-ring (bicyclic) bond motifs is 1. The van der Waals surface area contributed by atoms with Gasteiger partial charge in [-0.05, 0) is 62.1 Å². The molecule has 0 saturated carbocycles. The van der Waals surface area contributed by atoms with Gasteiger partial charge < -0.3 is 14.6 Å². The third-order valence-corrected chi connectivity index (χ3v) is 6.01. The molecule has 1 aliphatic rings. The number of para-hydroxylation sites is 2. The highest BCUT2D eigenvalue weighted by molar-refractivity contribution is 6.32. The van der Waals surface area contributed by atoms with E-state index >= 15 is 0 Å². The topological polar surface area (TPSA) is 58.2 Å². The van der Waals surface area contributed by atoms with Crippen LogP contribution in [0.25, 0.3) is 11.0 Å². The Morgan fingerprint density at radius 3 is 2.57 bits per heavy atom. The number of nitrogens with one attached hydrogen (secondary N) is 1. The maximum Gasteiger partial charge on any atom is 0.260 e. The molecule has 0 aliphatic carbocycles. The van der Waals surface area contributed by atoms with Crippen molar-refractivity contribution in [2.45, 2.75) is 32.6 Å². The van der Waals surface area contributed by atoms with Gasteiger partial charge in [-0.15, -0.1) is 0 Å². The first kappa shape index (κ1) is 18.8. The van der Waals surface area contributed by atoms with E-state index in [0.29, 0.717) is 11.7 Å². The average molecular weight is 398 g/mol. The number of likely N-dealkylation sites (tertiary alicyclic amines) is 1. The van der Waals surface area contributed by atoms with E-state index in [0.717, 1.165) is 58.9 Å². The molecule has 2 aromatic carbocycles. The van der Waals surface area contributed by atoms with Crippen LogP contribution in [0.4, 0.5) is 0 Å². The molecule has 1 fully saturated rings. The Balaban J connectivity index is 1.32. The Bertz CT molecular complexity index is 950. The number of hydrogen-bond donors (Lipinski definition) is 1. The molecule has 0 atom stereocenters. The second-order valence-corrected chi connectivity index (χ2v) is 7.83. The second-order valence-electron chi connectivity index (χ2n) is 7.45. The first-order valence-corrected chi connectivity index (χ1v) is 10.0. The Morgan fingerprint density at radius 2 is 1.89 bits per heavy atom. The molecule has 4 rings (SSSR count). The fourth-order valence-electron chi connectivity index (χ4n) is 3.79. The normalized spacial score (nSPS) is 15.2. The summed E-state index contributed by atoms with van der Waals surface area (Å²) >= 11 is 6.19. The maximum absolute atomic E-state index is 12.5. The van der Waals surface area contributed by atoms with Gasteiger partial charge in [0.2, 0.25) is 0 Å². The first-order chi connectivity index (χ1) is 13.5. The van der Waals surface area contributed by atoms with Crippen LogP contribution in [0.2, 0.25) is 5.02 Å². The van der Waals surface area contributed by atoms with E-state index in [2.05, 4.69) is 4.98 Å². The van der Waals surface area contributed by atoms with Crippen molar-refractivity contribution in [1.82, 2.24) is 14.9 Å². The Labute approximate surface area is 169 Å². The van der Waals surface area contributed by atoms with Gasteiger partial charge in [-0.3, -0.25) is 4.79 Å². The number of H-pyrrole nitrogens is 1. The summed E-state index contributed by atoms with van der Waals surface area (Å²) < 4.78 is 5.72. The van der Waals surface area contributed by atoms with Crippen LogP contribution in [0, 0.1) is 13.8 Å². The van der Waals surface area contributed by atoms with Crippen LogP contribution in [-0.4, -0.2) is 40.5 Å². The van der Waals surface area contributed by atoms with Crippen LogP contribution in [-0.2, 0) is 4.79 Å². The summed E-state index contributed by atoms with van der Waals surface area (Å²) in [6.45, 7) is 5.38. The third-order valence-electron chi connectivity index (χ3n) is 5.41. The van der Waals surface area contributed by atoms with Crippen molar-refractivity contribution in [2.24, 2.45) is 0 Å². The van der Waals surface area contributed by atoms with Gasteiger partial charge in [0.15, 0.2) is 6.61 Å². The summed E-state index contributed by atoms with van der Waals surface area (Å²) in [5, 5.41) is 0.742. The van der Waals surface area contributed by atoms with Gasteiger partial charge in [0.1, 0.15) is 11.6 Å². The van der Waals surface area contributed by atoms with E-state index in [1.165, 1.54) is 0 Å². The largest absolute Gasteiger partial charge is 0.484 e. The number of aromatic nitrogens is 2. The van der Waals surface area contributed by atoms with E-state index in [1.807, 2.05) is 55.1 Å². The van der Waals surface area contributed by atoms with E-state index in [-0.39, 0.29) is 12.5 Å². The quantitative estimate of drug-likeness (QED) is 0.698. The van der Waals surface area contributed by atoms with Gasteiger partial charge in [0, 0.05) is 24.0 Å². The van der Waals surface area contributed by atoms with Crippen molar-refractivity contribution in [3.05, 3.63) is 58.4 Å². The number of carbonyl (C=O) groups is 1. The number of carbonyl (C=O) groups excluding carboxylic acids is 1. The smallest absolute Gasteiger partial charge is 0.260 e. The van der Waals surface area contributed by atoms with Gasteiger partial charge >= 0.3 is 0 Å². The van der Waals surface area contributed by atoms with Gasteiger partial charge in [-0.25, -0.2) is 4.98 Å². The zero-order valence-electron chi connectivity index (χ0n) is 16.2. The minimum Gasteiger partial charge on any atom is -0.484 e. The average Bonchev–Trinajstić information content (AvgIpc) is 3.14. The van der Waals surface area contributed by atoms with E-state index in [1.54, 1.807) is 0 Å². The van der Waals surface area contributed by atoms with Gasteiger partial charge in [-0.2, -0.15) is 0 Å². The Kier molecular flexibility index (Phi) is 5.27. The van der Waals surface area contributed by atoms with Crippen molar-refractivity contribution in [2.75, 3.05) is 19.7 Å². The van der Waals surface area contributed by atoms with E-state index in [4.69, 9.17) is 21.3 Å². The summed E-state index contributed by atoms with van der Waals surface area (Å²) in [4.78, 5) is 22.6. The Hall–Kier alpha value is -2.53. The van der Waals surface area contributed by atoms with Gasteiger partial charge in [-0.1, -0.05) is 23.7 Å². The van der Waals surface area contributed by atoms with Crippen LogP contribution < -0.4 is 4.74 Å². The molecule has 1 saturated heterocycles. The number of ether oxygens (including phenoxy) is 1. The van der Waals surface area contributed by atoms with Gasteiger partial charge in [0.25, 0.3) is 5.91 Å². The maximum atomic E-state index is 12.5. The molecule has 28 heavy (non-hydrogen) atoms. The summed E-state index contributed by atoms with van der Waals surface area (Å²) in [6, 6.07) is 11.8. The predicted molar refractivity (Wildman–Crippen MR) is 111 cm³/mol. The molecular weight excluding hydrogens is 374 g/mol. The van der Waals surface area contributed by atoms with Crippen molar-refractivity contribution >= 4 is 28.5 Å². The molecule has 2 heterocycles. The molecule has 146 valence electrons. The van der Waals surface area contributed by atoms with Crippen LogP contribution in [0.15, 0.2) is 36.4 Å². The zero-order valence-corrected chi connectivity index (χ0v) is 16.9. The number of nitrogens with zero attached hydrogens (tertiary/aromatic N) is 2. The lowest BCUT2D eigenvalue weighted by Crippen LogP contribution is -2.40. The van der Waals surface area contributed by atoms with Crippen molar-refractivity contribution in [3.63, 3.8) is 0 Å². The number of aromatic amines is 1. The summed E-state index contributed by atoms with van der Waals surface area (Å²) in [5.41, 5.74) is 3.97. The predicted octanol–water partition coefficient (Wildman–Crippen LogP) is 4.62. The van der Waals surface area contributed by atoms with Crippen LogP contribution >= 0.6 is 11.6 Å². The van der Waals surface area contributed by atoms with Crippen molar-refractivity contribution < 1.29 is 9.53 Å². The summed E-state index contributed by atoms with van der Waals surface area (Å²) in [6.07, 6.45) is 1.81. The number of piperidine rings is 1. The molecule has 0 bridgehead atoms. The highest BCUT2D eigenvalue weighted by Gasteiger charge is 2.26. The fraction of sp³-hybridized carbons (Fsp3) is 0.364. The second kappa shape index (κ2) is 7.84. The van der Waals surface area contributed by atoms with Crippen LogP contribution in [0.5, 0.6) is 5.75 Å². The minimum atomic E-state index is 0.0216. The number of amides is 1. The fourth-order valence-corrected chi connectivity index (χ4v) is 3.90. The highest BCUT2D eigenvalue weighted by Crippen LogP contribution is 2.28. The van der Waals surface area contributed by atoms with Crippen LogP contribution in [0.3, 0.4) is 0 Å². The third kappa shape index (κ3) is 3.85. The number of imidazole rings is 1. The Morgan fingerprint density at radius 1 is 1.21 bits per heavy atom. The SMILES string of the molecule is Cc1cc(OCC(=O)N2CCC(c3nc4ccccc4[nH]3)CC2)cc(C)c1Cl. The number of halogens is 1. The number of aryl methyl sites for hydroxylation is 2. The zero-order chi connectivity index (χ0) is 19.7. The molecule has 0 unspecified atom stereocenters. The number of benzene rings is 2. The lowest BCUT2D eigenvalue weighted by Gasteiger charge is -2.31. The molecule has 3 aromatic rings. The molecule has 0 spiro atoms.